The van der Waals surface area contributed by atoms with Gasteiger partial charge >= 0.3 is 40.8 Å². The highest BCUT2D eigenvalue weighted by Crippen LogP contribution is 2.16. The molecule has 2 aromatic rings. The third-order valence-electron chi connectivity index (χ3n) is 2.62. The van der Waals surface area contributed by atoms with Gasteiger partial charge in [-0.2, -0.15) is 14.2 Å². The lowest BCUT2D eigenvalue weighted by Gasteiger charge is -2.09. The molecule has 0 saturated heterocycles. The van der Waals surface area contributed by atoms with E-state index in [1.807, 2.05) is 0 Å². The van der Waals surface area contributed by atoms with Gasteiger partial charge in [-0.05, 0) is 21.6 Å². The number of azide groups is 4. The van der Waals surface area contributed by atoms with Crippen molar-refractivity contribution in [2.45, 2.75) is 0 Å². The van der Waals surface area contributed by atoms with Gasteiger partial charge in [-0.25, -0.2) is 0 Å². The maximum Gasteiger partial charge on any atom is 0.569 e. The van der Waals surface area contributed by atoms with E-state index in [1.54, 1.807) is 0 Å². The predicted molar refractivity (Wildman–Crippen MR) is 83.7 cm³/mol. The number of aromatic nitrogens is 6. The van der Waals surface area contributed by atoms with Crippen molar-refractivity contribution in [3.63, 3.8) is 0 Å². The quantitative estimate of drug-likeness (QED) is 0.218. The molecule has 0 saturated carbocycles. The summed E-state index contributed by atoms with van der Waals surface area (Å²) in [6.45, 7) is 0. The van der Waals surface area contributed by atoms with Crippen molar-refractivity contribution in [1.29, 1.82) is 0 Å². The van der Waals surface area contributed by atoms with Crippen molar-refractivity contribution in [1.82, 2.24) is 9.97 Å². The fraction of sp³-hybridized carbons (Fsp3) is 0. The van der Waals surface area contributed by atoms with Crippen LogP contribution in [0.3, 0.4) is 0 Å². The molecule has 0 unspecified atom stereocenters. The van der Waals surface area contributed by atoms with Crippen LogP contribution >= 0.6 is 0 Å². The molecule has 0 atom stereocenters. The summed E-state index contributed by atoms with van der Waals surface area (Å²) in [5.41, 5.74) is 33.7. The fourth-order valence-corrected chi connectivity index (χ4v) is 1.55. The van der Waals surface area contributed by atoms with Crippen LogP contribution in [0.15, 0.2) is 30.7 Å². The van der Waals surface area contributed by atoms with Gasteiger partial charge < -0.3 is 20.8 Å². The van der Waals surface area contributed by atoms with Gasteiger partial charge in [-0.15, -0.1) is 4.73 Å². The van der Waals surface area contributed by atoms with E-state index in [9.17, 15) is 20.8 Å². The second-order valence-electron chi connectivity index (χ2n) is 4.16. The molecule has 2 heterocycles. The summed E-state index contributed by atoms with van der Waals surface area (Å²) in [6.07, 6.45) is 0. The molecule has 0 aromatic carbocycles. The smallest absolute Gasteiger partial charge is 0.569 e. The highest BCUT2D eigenvalue weighted by Gasteiger charge is 2.31. The van der Waals surface area contributed by atoms with Crippen LogP contribution in [0.25, 0.3) is 41.8 Å². The SMILES string of the molecule is [N-]=[N+]=Nc1nc(N=[N+]=[N-])[n+]([O-])c(/N=N/c2[n+]([O-])c(N=[N+]=[N-])nc(N=[N+]=[N-])[n+]2[O-])[n+]1[O-]. The molecule has 2 rings (SSSR count). The fourth-order valence-electron chi connectivity index (χ4n) is 1.55. The summed E-state index contributed by atoms with van der Waals surface area (Å²) >= 11 is 0. The molecule has 0 aliphatic rings. The first-order valence-electron chi connectivity index (χ1n) is 6.56. The van der Waals surface area contributed by atoms with Crippen LogP contribution in [-0.4, -0.2) is 9.97 Å². The van der Waals surface area contributed by atoms with Crippen LogP contribution in [-0.2, 0) is 0 Å². The van der Waals surface area contributed by atoms with E-state index >= 15 is 0 Å². The first kappa shape index (κ1) is 20.4. The average Bonchev–Trinajstić information content (AvgIpc) is 2.71. The molecule has 24 heteroatoms. The monoisotopic (exact) mass is 416 g/mol. The largest absolute Gasteiger partial charge is 0.725 e. The van der Waals surface area contributed by atoms with Crippen LogP contribution in [0.4, 0.5) is 35.7 Å². The van der Waals surface area contributed by atoms with Crippen molar-refractivity contribution < 1.29 is 18.9 Å². The summed E-state index contributed by atoms with van der Waals surface area (Å²) in [4.78, 5) is 15.4. The molecule has 148 valence electrons. The van der Waals surface area contributed by atoms with Crippen LogP contribution in [0.5, 0.6) is 0 Å². The Balaban J connectivity index is 2.81. The Morgan fingerprint density at radius 2 is 0.767 bits per heavy atom. The summed E-state index contributed by atoms with van der Waals surface area (Å²) in [5.74, 6) is -6.84. The number of azo groups is 1. The third kappa shape index (κ3) is 3.75. The van der Waals surface area contributed by atoms with Crippen LogP contribution in [0.1, 0.15) is 0 Å². The second kappa shape index (κ2) is 8.63. The van der Waals surface area contributed by atoms with Crippen molar-refractivity contribution >= 4 is 35.7 Å². The predicted octanol–water partition coefficient (Wildman–Crippen LogP) is 1.19. The minimum Gasteiger partial charge on any atom is -0.725 e. The van der Waals surface area contributed by atoms with E-state index in [0.29, 0.717) is 0 Å². The zero-order valence-corrected chi connectivity index (χ0v) is 13.6. The average molecular weight is 416 g/mol. The van der Waals surface area contributed by atoms with Gasteiger partial charge in [-0.3, -0.25) is 0 Å². The molecule has 0 spiro atoms. The van der Waals surface area contributed by atoms with E-state index in [0.717, 1.165) is 0 Å². The Labute approximate surface area is 159 Å². The lowest BCUT2D eigenvalue weighted by atomic mass is 10.8. The Bertz CT molecular complexity index is 1070. The van der Waals surface area contributed by atoms with Gasteiger partial charge in [0, 0.05) is 40.6 Å². The van der Waals surface area contributed by atoms with Crippen molar-refractivity contribution in [2.24, 2.45) is 30.7 Å². The minimum absolute atomic E-state index is 0.471. The molecule has 0 bridgehead atoms. The molecule has 24 nitrogen and oxygen atoms in total. The number of rotatable bonds is 6. The van der Waals surface area contributed by atoms with E-state index in [2.05, 4.69) is 60.3 Å². The molecule has 2 aromatic heterocycles. The second-order valence-corrected chi connectivity index (χ2v) is 4.16. The molecule has 0 aliphatic carbocycles. The lowest BCUT2D eigenvalue weighted by molar-refractivity contribution is -0.716. The maximum absolute atomic E-state index is 12.0. The van der Waals surface area contributed by atoms with Gasteiger partial charge in [0.2, 0.25) is 4.91 Å². The molecule has 0 radical (unpaired) electrons. The summed E-state index contributed by atoms with van der Waals surface area (Å²) in [5, 5.41) is 65.6. The highest BCUT2D eigenvalue weighted by atomic mass is 16.5. The number of hydrogen-bond donors (Lipinski definition) is 0. The van der Waals surface area contributed by atoms with Crippen molar-refractivity contribution in [2.75, 3.05) is 0 Å². The Kier molecular flexibility index (Phi) is 5.86. The molecule has 0 fully saturated rings. The van der Waals surface area contributed by atoms with E-state index in [1.165, 1.54) is 0 Å². The Hall–Kier alpha value is -5.94. The normalized spacial score (nSPS) is 9.73. The van der Waals surface area contributed by atoms with Crippen molar-refractivity contribution in [3.8, 4) is 0 Å². The minimum atomic E-state index is -1.32. The topological polar surface area (TPSA) is 353 Å². The molecular formula is C6N20O4. The number of nitrogens with zero attached hydrogens (tertiary/aromatic N) is 20. The van der Waals surface area contributed by atoms with E-state index < -0.39 is 54.6 Å². The van der Waals surface area contributed by atoms with Gasteiger partial charge in [-0.1, -0.05) is 0 Å². The van der Waals surface area contributed by atoms with E-state index in [-0.39, 0.29) is 0 Å². The molecule has 0 amide bonds. The highest BCUT2D eigenvalue weighted by molar-refractivity contribution is 5.20. The van der Waals surface area contributed by atoms with Crippen LogP contribution in [0.2, 0.25) is 0 Å². The van der Waals surface area contributed by atoms with E-state index in [4.69, 9.17) is 22.1 Å². The van der Waals surface area contributed by atoms with Crippen LogP contribution < -0.4 is 18.9 Å². The lowest BCUT2D eigenvalue weighted by Crippen LogP contribution is -2.44. The van der Waals surface area contributed by atoms with Gasteiger partial charge in [0.15, 0.2) is 10.2 Å². The molecule has 0 aliphatic heterocycles. The molecule has 30 heavy (non-hydrogen) atoms. The molecule has 0 N–H and O–H groups in total. The zero-order valence-electron chi connectivity index (χ0n) is 13.6. The Morgan fingerprint density at radius 1 is 0.533 bits per heavy atom. The first-order valence-corrected chi connectivity index (χ1v) is 6.56. The zero-order chi connectivity index (χ0) is 22.3. The summed E-state index contributed by atoms with van der Waals surface area (Å²) in [6, 6.07) is 0. The molecular weight excluding hydrogens is 416 g/mol. The summed E-state index contributed by atoms with van der Waals surface area (Å²) in [7, 11) is 0. The van der Waals surface area contributed by atoms with Gasteiger partial charge in [0.05, 0.1) is 0 Å². The van der Waals surface area contributed by atoms with Crippen molar-refractivity contribution in [3.05, 3.63) is 62.6 Å². The van der Waals surface area contributed by atoms with Crippen LogP contribution in [0, 0.1) is 20.8 Å². The first-order chi connectivity index (χ1) is 14.4. The third-order valence-corrected chi connectivity index (χ3v) is 2.62. The number of hydrogen-bond acceptors (Lipinski definition) is 12. The summed E-state index contributed by atoms with van der Waals surface area (Å²) < 4.78 is -1.89. The van der Waals surface area contributed by atoms with Gasteiger partial charge in [0.25, 0.3) is 0 Å². The van der Waals surface area contributed by atoms with Gasteiger partial charge in [0.1, 0.15) is 0 Å². The standard InChI is InChI=1S/C6N20O4/c7-19-13-1-11-2(14-20-8)24(28)5(23(1)27)17-18-6-25(29)3(15-21-9)12-4(16-22-10)26(6)30/b18-17+. The Morgan fingerprint density at radius 3 is 0.967 bits per heavy atom. The maximum atomic E-state index is 12.0.